The van der Waals surface area contributed by atoms with Crippen LogP contribution in [0, 0.1) is 0 Å². The second kappa shape index (κ2) is 7.22. The van der Waals surface area contributed by atoms with Crippen LogP contribution in [0.4, 0.5) is 10.8 Å². The highest BCUT2D eigenvalue weighted by Crippen LogP contribution is 2.21. The Bertz CT molecular complexity index is 1190. The summed E-state index contributed by atoms with van der Waals surface area (Å²) in [7, 11) is 0. The van der Waals surface area contributed by atoms with E-state index in [1.54, 1.807) is 48.0 Å². The topological polar surface area (TPSA) is 87.7 Å². The summed E-state index contributed by atoms with van der Waals surface area (Å²) in [6, 6.07) is 13.1. The van der Waals surface area contributed by atoms with E-state index in [4.69, 9.17) is 16.0 Å². The van der Waals surface area contributed by atoms with Gasteiger partial charge in [-0.2, -0.15) is 0 Å². The lowest BCUT2D eigenvalue weighted by molar-refractivity contribution is 0.102. The van der Waals surface area contributed by atoms with Gasteiger partial charge in [0.05, 0.1) is 5.69 Å². The normalized spacial score (nSPS) is 11.7. The Morgan fingerprint density at radius 2 is 2.00 bits per heavy atom. The molecule has 0 atom stereocenters. The van der Waals surface area contributed by atoms with Gasteiger partial charge in [0, 0.05) is 28.1 Å². The zero-order valence-corrected chi connectivity index (χ0v) is 15.3. The zero-order chi connectivity index (χ0) is 18.8. The molecule has 0 aliphatic carbocycles. The number of rotatable bonds is 3. The van der Waals surface area contributed by atoms with E-state index >= 15 is 0 Å². The zero-order valence-electron chi connectivity index (χ0n) is 13.7. The minimum absolute atomic E-state index is 0.0590. The maximum Gasteiger partial charge on any atom is 0.262 e. The Labute approximate surface area is 162 Å². The number of thiazole rings is 1. The third-order valence-electron chi connectivity index (χ3n) is 3.69. The van der Waals surface area contributed by atoms with Gasteiger partial charge in [-0.1, -0.05) is 11.6 Å². The molecule has 4 rings (SSSR count). The summed E-state index contributed by atoms with van der Waals surface area (Å²) in [5, 5.41) is 15.9. The Kier molecular flexibility index (Phi) is 4.62. The number of halogens is 1. The summed E-state index contributed by atoms with van der Waals surface area (Å²) in [5.41, 5.74) is 1.35. The van der Waals surface area contributed by atoms with E-state index in [9.17, 15) is 9.90 Å². The number of phenolic OH excluding ortho intramolecular Hbond substituents is 1. The summed E-state index contributed by atoms with van der Waals surface area (Å²) >= 11 is 7.22. The molecule has 6 nitrogen and oxygen atoms in total. The summed E-state index contributed by atoms with van der Waals surface area (Å²) in [5.74, 6) is -0.333. The average Bonchev–Trinajstić information content (AvgIpc) is 3.16. The first-order valence-electron chi connectivity index (χ1n) is 7.86. The van der Waals surface area contributed by atoms with E-state index in [1.165, 1.54) is 23.5 Å². The van der Waals surface area contributed by atoms with Gasteiger partial charge < -0.3 is 9.52 Å². The smallest absolute Gasteiger partial charge is 0.262 e. The predicted molar refractivity (Wildman–Crippen MR) is 105 cm³/mol. The van der Waals surface area contributed by atoms with Crippen LogP contribution in [-0.4, -0.2) is 16.0 Å². The van der Waals surface area contributed by atoms with Gasteiger partial charge in [-0.05, 0) is 42.5 Å². The molecule has 1 amide bonds. The van der Waals surface area contributed by atoms with Crippen molar-refractivity contribution >= 4 is 50.6 Å². The predicted octanol–water partition coefficient (Wildman–Crippen LogP) is 4.73. The summed E-state index contributed by atoms with van der Waals surface area (Å²) in [4.78, 5) is 21.2. The van der Waals surface area contributed by atoms with Gasteiger partial charge in [0.25, 0.3) is 5.91 Å². The van der Waals surface area contributed by atoms with Crippen LogP contribution in [0.2, 0.25) is 5.02 Å². The highest BCUT2D eigenvalue weighted by Gasteiger charge is 2.14. The monoisotopic (exact) mass is 397 g/mol. The van der Waals surface area contributed by atoms with Crippen LogP contribution >= 0.6 is 22.9 Å². The van der Waals surface area contributed by atoms with Crippen molar-refractivity contribution in [3.8, 4) is 5.75 Å². The first-order chi connectivity index (χ1) is 13.1. The molecule has 0 bridgehead atoms. The third-order valence-corrected chi connectivity index (χ3v) is 4.63. The number of anilines is 1. The molecule has 0 aliphatic heterocycles. The fraction of sp³-hybridized carbons (Fsp3) is 0. The first kappa shape index (κ1) is 17.3. The molecule has 0 aliphatic rings. The lowest BCUT2D eigenvalue weighted by atomic mass is 10.1. The maximum atomic E-state index is 12.8. The number of carbonyl (C=O) groups excluding carboxylic acids is 1. The van der Waals surface area contributed by atoms with Crippen LogP contribution in [0.25, 0.3) is 11.0 Å². The van der Waals surface area contributed by atoms with Crippen molar-refractivity contribution < 1.29 is 14.3 Å². The van der Waals surface area contributed by atoms with Crippen molar-refractivity contribution in [1.82, 2.24) is 4.98 Å². The first-order valence-corrected chi connectivity index (χ1v) is 9.12. The largest absolute Gasteiger partial charge is 0.508 e. The van der Waals surface area contributed by atoms with Gasteiger partial charge >= 0.3 is 0 Å². The van der Waals surface area contributed by atoms with Gasteiger partial charge in [0.15, 0.2) is 5.13 Å². The molecule has 27 heavy (non-hydrogen) atoms. The van der Waals surface area contributed by atoms with E-state index in [-0.39, 0.29) is 16.9 Å². The van der Waals surface area contributed by atoms with E-state index in [0.29, 0.717) is 26.8 Å². The fourth-order valence-electron chi connectivity index (χ4n) is 2.44. The standard InChI is InChI=1S/C19H12ClN3O3S/c20-12-2-4-13(5-3-12)22-18-15(17(25)23-19-21-7-8-27-19)9-11-1-6-14(24)10-16(11)26-18/h1-10,24H,(H,21,23,25). The SMILES string of the molecule is O=C(Nc1nccs1)c1cc2ccc(O)cc2oc1=Nc1ccc(Cl)cc1. The summed E-state index contributed by atoms with van der Waals surface area (Å²) < 4.78 is 5.81. The third kappa shape index (κ3) is 3.84. The van der Waals surface area contributed by atoms with Crippen LogP contribution < -0.4 is 10.9 Å². The number of nitrogens with zero attached hydrogens (tertiary/aromatic N) is 2. The molecule has 4 aromatic rings. The van der Waals surface area contributed by atoms with Crippen LogP contribution in [0.1, 0.15) is 10.4 Å². The highest BCUT2D eigenvalue weighted by atomic mass is 35.5. The number of benzene rings is 2. The quantitative estimate of drug-likeness (QED) is 0.523. The van der Waals surface area contributed by atoms with Gasteiger partial charge in [0.2, 0.25) is 5.55 Å². The van der Waals surface area contributed by atoms with Crippen LogP contribution in [0.3, 0.4) is 0 Å². The van der Waals surface area contributed by atoms with E-state index in [2.05, 4.69) is 15.3 Å². The van der Waals surface area contributed by atoms with Crippen LogP contribution in [-0.2, 0) is 0 Å². The van der Waals surface area contributed by atoms with Gasteiger partial charge in [-0.3, -0.25) is 10.1 Å². The highest BCUT2D eigenvalue weighted by molar-refractivity contribution is 7.13. The molecule has 134 valence electrons. The lowest BCUT2D eigenvalue weighted by Gasteiger charge is -2.05. The molecule has 0 fully saturated rings. The number of fused-ring (bicyclic) bond motifs is 1. The maximum absolute atomic E-state index is 12.8. The number of aromatic hydroxyl groups is 1. The van der Waals surface area contributed by atoms with Crippen LogP contribution in [0.5, 0.6) is 5.75 Å². The molecule has 0 spiro atoms. The van der Waals surface area contributed by atoms with E-state index in [0.717, 1.165) is 0 Å². The van der Waals surface area contributed by atoms with Crippen molar-refractivity contribution in [1.29, 1.82) is 0 Å². The second-order valence-corrected chi connectivity index (χ2v) is 6.90. The van der Waals surface area contributed by atoms with Crippen molar-refractivity contribution in [2.24, 2.45) is 4.99 Å². The number of aromatic nitrogens is 1. The van der Waals surface area contributed by atoms with Crippen molar-refractivity contribution in [2.45, 2.75) is 0 Å². The van der Waals surface area contributed by atoms with Crippen molar-refractivity contribution in [2.75, 3.05) is 5.32 Å². The number of hydrogen-bond donors (Lipinski definition) is 2. The summed E-state index contributed by atoms with van der Waals surface area (Å²) in [6.07, 6.45) is 1.60. The van der Waals surface area contributed by atoms with Gasteiger partial charge in [-0.25, -0.2) is 9.98 Å². The molecule has 0 unspecified atom stereocenters. The van der Waals surface area contributed by atoms with Crippen LogP contribution in [0.15, 0.2) is 69.5 Å². The minimum Gasteiger partial charge on any atom is -0.508 e. The Morgan fingerprint density at radius 3 is 2.74 bits per heavy atom. The lowest BCUT2D eigenvalue weighted by Crippen LogP contribution is -2.21. The number of carbonyl (C=O) groups is 1. The molecule has 2 aromatic heterocycles. The molecule has 2 heterocycles. The summed E-state index contributed by atoms with van der Waals surface area (Å²) in [6.45, 7) is 0. The fourth-order valence-corrected chi connectivity index (χ4v) is 3.09. The minimum atomic E-state index is -0.392. The molecule has 2 N–H and O–H groups in total. The van der Waals surface area contributed by atoms with Crippen molar-refractivity contribution in [3.05, 3.63) is 76.2 Å². The van der Waals surface area contributed by atoms with E-state index < -0.39 is 5.91 Å². The van der Waals surface area contributed by atoms with Crippen molar-refractivity contribution in [3.63, 3.8) is 0 Å². The number of nitrogens with one attached hydrogen (secondary N) is 1. The molecule has 8 heteroatoms. The molecule has 2 aromatic carbocycles. The Balaban J connectivity index is 1.87. The molecular formula is C19H12ClN3O3S. The van der Waals surface area contributed by atoms with Gasteiger partial charge in [-0.15, -0.1) is 11.3 Å². The number of amides is 1. The molecular weight excluding hydrogens is 386 g/mol. The number of hydrogen-bond acceptors (Lipinski definition) is 6. The Morgan fingerprint density at radius 1 is 1.19 bits per heavy atom. The average molecular weight is 398 g/mol. The molecule has 0 radical (unpaired) electrons. The second-order valence-electron chi connectivity index (χ2n) is 5.57. The molecule has 0 saturated heterocycles. The van der Waals surface area contributed by atoms with Gasteiger partial charge in [0.1, 0.15) is 16.9 Å². The van der Waals surface area contributed by atoms with E-state index in [1.807, 2.05) is 0 Å². The number of phenols is 1. The molecule has 0 saturated carbocycles. The Hall–Kier alpha value is -3.16.